The summed E-state index contributed by atoms with van der Waals surface area (Å²) in [5.41, 5.74) is 0. The van der Waals surface area contributed by atoms with Gasteiger partial charge in [0.25, 0.3) is 0 Å². The monoisotopic (exact) mass is 184 g/mol. The first-order valence-corrected chi connectivity index (χ1v) is 5.40. The van der Waals surface area contributed by atoms with Gasteiger partial charge in [-0.1, -0.05) is 6.42 Å². The molecule has 76 valence electrons. The number of nitrogens with zero attached hydrogens (tertiary/aromatic N) is 1. The van der Waals surface area contributed by atoms with E-state index < -0.39 is 0 Å². The zero-order valence-corrected chi connectivity index (χ0v) is 8.46. The lowest BCUT2D eigenvalue weighted by Crippen LogP contribution is -2.52. The number of rotatable bonds is 3. The van der Waals surface area contributed by atoms with E-state index >= 15 is 0 Å². The summed E-state index contributed by atoms with van der Waals surface area (Å²) in [5.74, 6) is 0. The molecule has 1 saturated heterocycles. The summed E-state index contributed by atoms with van der Waals surface area (Å²) in [6.45, 7) is 4.18. The van der Waals surface area contributed by atoms with Crippen LogP contribution in [0.2, 0.25) is 0 Å². The third-order valence-corrected chi connectivity index (χ3v) is 3.19. The van der Waals surface area contributed by atoms with Gasteiger partial charge in [0.15, 0.2) is 0 Å². The molecule has 1 aliphatic carbocycles. The van der Waals surface area contributed by atoms with Crippen molar-refractivity contribution in [1.29, 1.82) is 0 Å². The molecule has 13 heavy (non-hydrogen) atoms. The fourth-order valence-electron chi connectivity index (χ4n) is 2.18. The number of morpholine rings is 1. The minimum atomic E-state index is 0.416. The third kappa shape index (κ3) is 2.22. The van der Waals surface area contributed by atoms with E-state index in [0.29, 0.717) is 6.10 Å². The molecular formula is C10H20N2O. The first-order chi connectivity index (χ1) is 6.40. The van der Waals surface area contributed by atoms with Gasteiger partial charge >= 0.3 is 0 Å². The topological polar surface area (TPSA) is 24.5 Å². The van der Waals surface area contributed by atoms with Crippen molar-refractivity contribution in [2.75, 3.05) is 33.3 Å². The van der Waals surface area contributed by atoms with Crippen molar-refractivity contribution >= 4 is 0 Å². The molecule has 2 aliphatic rings. The summed E-state index contributed by atoms with van der Waals surface area (Å²) in [5, 5.41) is 3.18. The minimum Gasteiger partial charge on any atom is -0.374 e. The average molecular weight is 184 g/mol. The fraction of sp³-hybridized carbons (Fsp3) is 1.00. The Balaban J connectivity index is 1.77. The molecule has 0 aromatic carbocycles. The van der Waals surface area contributed by atoms with Crippen molar-refractivity contribution in [3.8, 4) is 0 Å². The summed E-state index contributed by atoms with van der Waals surface area (Å²) < 4.78 is 5.66. The predicted octanol–water partition coefficient (Wildman–Crippen LogP) is 0.459. The lowest BCUT2D eigenvalue weighted by atomic mass is 9.91. The number of nitrogens with one attached hydrogen (secondary N) is 1. The standard InChI is InChI=1S/C10H20N2O/c1-11-7-10-8-12(5-6-13-10)9-3-2-4-9/h9-11H,2-8H2,1H3. The van der Waals surface area contributed by atoms with Gasteiger partial charge < -0.3 is 10.1 Å². The smallest absolute Gasteiger partial charge is 0.0826 e. The average Bonchev–Trinajstić information content (AvgIpc) is 2.02. The summed E-state index contributed by atoms with van der Waals surface area (Å²) >= 11 is 0. The largest absolute Gasteiger partial charge is 0.374 e. The lowest BCUT2D eigenvalue weighted by molar-refractivity contribution is -0.0528. The van der Waals surface area contributed by atoms with Crippen LogP contribution in [0.5, 0.6) is 0 Å². The van der Waals surface area contributed by atoms with E-state index in [1.165, 1.54) is 19.3 Å². The highest BCUT2D eigenvalue weighted by Gasteiger charge is 2.29. The van der Waals surface area contributed by atoms with Gasteiger partial charge in [-0.25, -0.2) is 0 Å². The van der Waals surface area contributed by atoms with Gasteiger partial charge in [0.05, 0.1) is 12.7 Å². The second kappa shape index (κ2) is 4.40. The SMILES string of the molecule is CNCC1CN(C2CCC2)CCO1. The van der Waals surface area contributed by atoms with Gasteiger partial charge in [-0.05, 0) is 19.9 Å². The summed E-state index contributed by atoms with van der Waals surface area (Å²) in [6, 6.07) is 0.878. The quantitative estimate of drug-likeness (QED) is 0.689. The van der Waals surface area contributed by atoms with E-state index in [9.17, 15) is 0 Å². The number of likely N-dealkylation sites (N-methyl/N-ethyl adjacent to an activating group) is 1. The van der Waals surface area contributed by atoms with Crippen LogP contribution >= 0.6 is 0 Å². The molecule has 2 rings (SSSR count). The second-order valence-electron chi connectivity index (χ2n) is 4.13. The van der Waals surface area contributed by atoms with Gasteiger partial charge in [0.1, 0.15) is 0 Å². The molecule has 3 nitrogen and oxygen atoms in total. The summed E-state index contributed by atoms with van der Waals surface area (Å²) in [4.78, 5) is 2.61. The van der Waals surface area contributed by atoms with Gasteiger partial charge in [0, 0.05) is 25.7 Å². The van der Waals surface area contributed by atoms with Gasteiger partial charge in [-0.15, -0.1) is 0 Å². The Morgan fingerprint density at radius 1 is 1.46 bits per heavy atom. The Labute approximate surface area is 80.4 Å². The number of hydrogen-bond donors (Lipinski definition) is 1. The van der Waals surface area contributed by atoms with Crippen molar-refractivity contribution in [2.24, 2.45) is 0 Å². The fourth-order valence-corrected chi connectivity index (χ4v) is 2.18. The van der Waals surface area contributed by atoms with Crippen molar-refractivity contribution in [2.45, 2.75) is 31.4 Å². The van der Waals surface area contributed by atoms with E-state index in [2.05, 4.69) is 10.2 Å². The lowest BCUT2D eigenvalue weighted by Gasteiger charge is -2.42. The number of hydrogen-bond acceptors (Lipinski definition) is 3. The first-order valence-electron chi connectivity index (χ1n) is 5.40. The molecule has 0 spiro atoms. The van der Waals surface area contributed by atoms with Gasteiger partial charge in [-0.2, -0.15) is 0 Å². The number of ether oxygens (including phenoxy) is 1. The van der Waals surface area contributed by atoms with Crippen LogP contribution in [0.3, 0.4) is 0 Å². The molecule has 1 aliphatic heterocycles. The molecule has 1 saturated carbocycles. The Bertz CT molecular complexity index is 157. The van der Waals surface area contributed by atoms with E-state index in [1.54, 1.807) is 0 Å². The first kappa shape index (κ1) is 9.44. The highest BCUT2D eigenvalue weighted by atomic mass is 16.5. The van der Waals surface area contributed by atoms with Crippen LogP contribution < -0.4 is 5.32 Å². The highest BCUT2D eigenvalue weighted by Crippen LogP contribution is 2.25. The van der Waals surface area contributed by atoms with Crippen LogP contribution in [-0.2, 0) is 4.74 Å². The third-order valence-electron chi connectivity index (χ3n) is 3.19. The minimum absolute atomic E-state index is 0.416. The van der Waals surface area contributed by atoms with E-state index in [1.807, 2.05) is 7.05 Å². The van der Waals surface area contributed by atoms with Crippen LogP contribution in [0.15, 0.2) is 0 Å². The normalized spacial score (nSPS) is 31.6. The Hall–Kier alpha value is -0.120. The van der Waals surface area contributed by atoms with Crippen molar-refractivity contribution < 1.29 is 4.74 Å². The highest BCUT2D eigenvalue weighted by molar-refractivity contribution is 4.84. The molecule has 0 aromatic rings. The zero-order valence-electron chi connectivity index (χ0n) is 8.46. The molecule has 0 bridgehead atoms. The molecule has 2 fully saturated rings. The molecule has 0 amide bonds. The maximum atomic E-state index is 5.66. The van der Waals surface area contributed by atoms with Crippen LogP contribution in [0.25, 0.3) is 0 Å². The maximum Gasteiger partial charge on any atom is 0.0826 e. The van der Waals surface area contributed by atoms with E-state index in [-0.39, 0.29) is 0 Å². The van der Waals surface area contributed by atoms with Crippen molar-refractivity contribution in [3.05, 3.63) is 0 Å². The molecule has 0 radical (unpaired) electrons. The second-order valence-corrected chi connectivity index (χ2v) is 4.13. The Morgan fingerprint density at radius 3 is 2.92 bits per heavy atom. The van der Waals surface area contributed by atoms with Crippen LogP contribution in [0.4, 0.5) is 0 Å². The summed E-state index contributed by atoms with van der Waals surface area (Å²) in [7, 11) is 1.99. The molecule has 1 atom stereocenters. The van der Waals surface area contributed by atoms with Crippen LogP contribution in [0.1, 0.15) is 19.3 Å². The van der Waals surface area contributed by atoms with Crippen molar-refractivity contribution in [1.82, 2.24) is 10.2 Å². The maximum absolute atomic E-state index is 5.66. The molecular weight excluding hydrogens is 164 g/mol. The van der Waals surface area contributed by atoms with E-state index in [4.69, 9.17) is 4.74 Å². The van der Waals surface area contributed by atoms with Crippen molar-refractivity contribution in [3.63, 3.8) is 0 Å². The summed E-state index contributed by atoms with van der Waals surface area (Å²) in [6.07, 6.45) is 4.66. The van der Waals surface area contributed by atoms with E-state index in [0.717, 1.165) is 32.3 Å². The Kier molecular flexibility index (Phi) is 3.19. The van der Waals surface area contributed by atoms with Crippen LogP contribution in [-0.4, -0.2) is 50.3 Å². The molecule has 1 heterocycles. The zero-order chi connectivity index (χ0) is 9.10. The predicted molar refractivity (Wildman–Crippen MR) is 52.9 cm³/mol. The molecule has 1 N–H and O–H groups in total. The molecule has 3 heteroatoms. The molecule has 1 unspecified atom stereocenters. The Morgan fingerprint density at radius 2 is 2.31 bits per heavy atom. The van der Waals surface area contributed by atoms with Crippen LogP contribution in [0, 0.1) is 0 Å². The van der Waals surface area contributed by atoms with Gasteiger partial charge in [-0.3, -0.25) is 4.90 Å². The molecule has 0 aromatic heterocycles. The van der Waals surface area contributed by atoms with Gasteiger partial charge in [0.2, 0.25) is 0 Å².